The van der Waals surface area contributed by atoms with Crippen LogP contribution in [-0.2, 0) is 6.42 Å². The number of carbonyl (C=O) groups excluding carboxylic acids is 1. The van der Waals surface area contributed by atoms with Crippen LogP contribution in [0.1, 0.15) is 33.5 Å². The zero-order chi connectivity index (χ0) is 13.7. The zero-order valence-corrected chi connectivity index (χ0v) is 12.1. The lowest BCUT2D eigenvalue weighted by atomic mass is 10.1. The van der Waals surface area contributed by atoms with Gasteiger partial charge in [-0.25, -0.2) is 0 Å². The molecule has 19 heavy (non-hydrogen) atoms. The fourth-order valence-electron chi connectivity index (χ4n) is 1.85. The predicted octanol–water partition coefficient (Wildman–Crippen LogP) is 4.27. The second-order valence-corrected chi connectivity index (χ2v) is 5.80. The molecule has 0 spiro atoms. The summed E-state index contributed by atoms with van der Waals surface area (Å²) in [5.74, 6) is 0.789. The van der Waals surface area contributed by atoms with Gasteiger partial charge in [-0.1, -0.05) is 25.5 Å². The molecule has 0 N–H and O–H groups in total. The lowest BCUT2D eigenvalue weighted by Gasteiger charge is -2.05. The molecule has 2 rings (SSSR count). The summed E-state index contributed by atoms with van der Waals surface area (Å²) in [5, 5.41) is 0. The largest absolute Gasteiger partial charge is 0.485 e. The summed E-state index contributed by atoms with van der Waals surface area (Å²) in [5.41, 5.74) is 1.30. The number of thiophene rings is 1. The molecule has 0 fully saturated rings. The van der Waals surface area contributed by atoms with Crippen LogP contribution in [0.2, 0.25) is 0 Å². The van der Waals surface area contributed by atoms with Crippen LogP contribution in [0.25, 0.3) is 0 Å². The Morgan fingerprint density at radius 1 is 1.16 bits per heavy atom. The van der Waals surface area contributed by atoms with Crippen LogP contribution >= 0.6 is 11.3 Å². The number of hydrogen-bond acceptors (Lipinski definition) is 3. The van der Waals surface area contributed by atoms with Gasteiger partial charge in [0, 0.05) is 4.88 Å². The molecule has 0 atom stereocenters. The summed E-state index contributed by atoms with van der Waals surface area (Å²) < 4.78 is 5.52. The standard InChI is InChI=1S/C16H18O2S/c1-3-4-13-6-8-14(9-7-13)18-11-15(17)16-10-5-12(2)19-16/h5-10H,3-4,11H2,1-2H3. The van der Waals surface area contributed by atoms with E-state index in [1.807, 2.05) is 31.2 Å². The molecule has 100 valence electrons. The number of benzene rings is 1. The van der Waals surface area contributed by atoms with E-state index in [0.29, 0.717) is 0 Å². The molecule has 0 radical (unpaired) electrons. The van der Waals surface area contributed by atoms with Crippen molar-refractivity contribution in [3.8, 4) is 5.75 Å². The Bertz CT molecular complexity index is 540. The Balaban J connectivity index is 1.89. The van der Waals surface area contributed by atoms with Crippen molar-refractivity contribution in [3.05, 3.63) is 51.7 Å². The van der Waals surface area contributed by atoms with Crippen molar-refractivity contribution in [1.29, 1.82) is 0 Å². The van der Waals surface area contributed by atoms with Gasteiger partial charge in [-0.15, -0.1) is 11.3 Å². The van der Waals surface area contributed by atoms with E-state index in [9.17, 15) is 4.79 Å². The van der Waals surface area contributed by atoms with Crippen LogP contribution in [0.4, 0.5) is 0 Å². The Labute approximate surface area is 118 Å². The summed E-state index contributed by atoms with van der Waals surface area (Å²) in [6.45, 7) is 4.26. The lowest BCUT2D eigenvalue weighted by Crippen LogP contribution is -2.10. The van der Waals surface area contributed by atoms with Crippen molar-refractivity contribution >= 4 is 17.1 Å². The summed E-state index contributed by atoms with van der Waals surface area (Å²) in [6.07, 6.45) is 2.21. The van der Waals surface area contributed by atoms with Gasteiger partial charge < -0.3 is 4.74 Å². The maximum absolute atomic E-state index is 11.9. The summed E-state index contributed by atoms with van der Waals surface area (Å²) in [7, 11) is 0. The second kappa shape index (κ2) is 6.53. The van der Waals surface area contributed by atoms with E-state index >= 15 is 0 Å². The van der Waals surface area contributed by atoms with E-state index in [-0.39, 0.29) is 12.4 Å². The average Bonchev–Trinajstić information content (AvgIpc) is 2.85. The van der Waals surface area contributed by atoms with Gasteiger partial charge in [0.2, 0.25) is 5.78 Å². The Hall–Kier alpha value is -1.61. The van der Waals surface area contributed by atoms with Crippen LogP contribution in [0.15, 0.2) is 36.4 Å². The number of carbonyl (C=O) groups is 1. The quantitative estimate of drug-likeness (QED) is 0.735. The molecule has 0 aliphatic rings. The van der Waals surface area contributed by atoms with Crippen molar-refractivity contribution in [1.82, 2.24) is 0 Å². The van der Waals surface area contributed by atoms with E-state index in [1.165, 1.54) is 16.9 Å². The first-order chi connectivity index (χ1) is 9.19. The van der Waals surface area contributed by atoms with Gasteiger partial charge in [0.25, 0.3) is 0 Å². The molecule has 0 aliphatic carbocycles. The molecule has 0 amide bonds. The Morgan fingerprint density at radius 2 is 1.89 bits per heavy atom. The lowest BCUT2D eigenvalue weighted by molar-refractivity contribution is 0.0925. The fourth-order valence-corrected chi connectivity index (χ4v) is 2.64. The molecule has 1 aromatic carbocycles. The van der Waals surface area contributed by atoms with Gasteiger partial charge in [0.1, 0.15) is 5.75 Å². The normalized spacial score (nSPS) is 10.4. The number of rotatable bonds is 6. The minimum absolute atomic E-state index is 0.0377. The predicted molar refractivity (Wildman–Crippen MR) is 79.3 cm³/mol. The maximum Gasteiger partial charge on any atom is 0.210 e. The van der Waals surface area contributed by atoms with Crippen molar-refractivity contribution in [3.63, 3.8) is 0 Å². The number of aryl methyl sites for hydroxylation is 2. The van der Waals surface area contributed by atoms with Crippen molar-refractivity contribution in [2.75, 3.05) is 6.61 Å². The molecule has 0 saturated heterocycles. The van der Waals surface area contributed by atoms with Crippen molar-refractivity contribution in [2.45, 2.75) is 26.7 Å². The van der Waals surface area contributed by atoms with Crippen molar-refractivity contribution in [2.24, 2.45) is 0 Å². The van der Waals surface area contributed by atoms with E-state index < -0.39 is 0 Å². The highest BCUT2D eigenvalue weighted by Crippen LogP contribution is 2.17. The summed E-state index contributed by atoms with van der Waals surface area (Å²) in [6, 6.07) is 11.8. The van der Waals surface area contributed by atoms with Gasteiger partial charge in [0.15, 0.2) is 6.61 Å². The first kappa shape index (κ1) is 13.8. The minimum Gasteiger partial charge on any atom is -0.485 e. The third kappa shape index (κ3) is 3.93. The number of ether oxygens (including phenoxy) is 1. The first-order valence-corrected chi connectivity index (χ1v) is 7.32. The molecule has 0 unspecified atom stereocenters. The van der Waals surface area contributed by atoms with E-state index in [1.54, 1.807) is 0 Å². The minimum atomic E-state index is 0.0377. The molecule has 2 nitrogen and oxygen atoms in total. The first-order valence-electron chi connectivity index (χ1n) is 6.50. The average molecular weight is 274 g/mol. The third-order valence-corrected chi connectivity index (χ3v) is 3.89. The number of ketones is 1. The molecule has 0 saturated carbocycles. The van der Waals surface area contributed by atoms with Gasteiger partial charge in [0.05, 0.1) is 4.88 Å². The van der Waals surface area contributed by atoms with Crippen LogP contribution in [0.5, 0.6) is 5.75 Å². The SMILES string of the molecule is CCCc1ccc(OCC(=O)c2ccc(C)s2)cc1. The smallest absolute Gasteiger partial charge is 0.210 e. The molecule has 3 heteroatoms. The molecule has 1 aromatic heterocycles. The Morgan fingerprint density at radius 3 is 2.47 bits per heavy atom. The molecular weight excluding hydrogens is 256 g/mol. The second-order valence-electron chi connectivity index (χ2n) is 4.52. The Kier molecular flexibility index (Phi) is 4.74. The van der Waals surface area contributed by atoms with E-state index in [0.717, 1.165) is 28.3 Å². The number of Topliss-reactive ketones (excluding diaryl/α,β-unsaturated/α-hetero) is 1. The molecular formula is C16H18O2S. The van der Waals surface area contributed by atoms with Crippen LogP contribution in [0, 0.1) is 6.92 Å². The molecule has 2 aromatic rings. The highest BCUT2D eigenvalue weighted by Gasteiger charge is 2.08. The van der Waals surface area contributed by atoms with Crippen LogP contribution in [-0.4, -0.2) is 12.4 Å². The third-order valence-electron chi connectivity index (χ3n) is 2.85. The maximum atomic E-state index is 11.9. The van der Waals surface area contributed by atoms with E-state index in [4.69, 9.17) is 4.74 Å². The molecule has 0 bridgehead atoms. The summed E-state index contributed by atoms with van der Waals surface area (Å²) in [4.78, 5) is 13.8. The van der Waals surface area contributed by atoms with Gasteiger partial charge in [-0.3, -0.25) is 4.79 Å². The number of hydrogen-bond donors (Lipinski definition) is 0. The zero-order valence-electron chi connectivity index (χ0n) is 11.3. The van der Waals surface area contributed by atoms with Crippen LogP contribution < -0.4 is 4.74 Å². The van der Waals surface area contributed by atoms with Gasteiger partial charge in [-0.2, -0.15) is 0 Å². The highest BCUT2D eigenvalue weighted by molar-refractivity contribution is 7.14. The topological polar surface area (TPSA) is 26.3 Å². The molecule has 0 aliphatic heterocycles. The molecule has 1 heterocycles. The fraction of sp³-hybridized carbons (Fsp3) is 0.312. The monoisotopic (exact) mass is 274 g/mol. The van der Waals surface area contributed by atoms with E-state index in [2.05, 4.69) is 19.1 Å². The van der Waals surface area contributed by atoms with Crippen LogP contribution in [0.3, 0.4) is 0 Å². The summed E-state index contributed by atoms with van der Waals surface area (Å²) >= 11 is 1.51. The van der Waals surface area contributed by atoms with Crippen molar-refractivity contribution < 1.29 is 9.53 Å². The van der Waals surface area contributed by atoms with Gasteiger partial charge in [-0.05, 0) is 43.2 Å². The highest BCUT2D eigenvalue weighted by atomic mass is 32.1. The van der Waals surface area contributed by atoms with Gasteiger partial charge >= 0.3 is 0 Å².